The molecule has 7 heteroatoms. The van der Waals surface area contributed by atoms with Gasteiger partial charge in [-0.3, -0.25) is 10.1 Å². The van der Waals surface area contributed by atoms with Crippen LogP contribution in [0, 0.1) is 10.1 Å². The van der Waals surface area contributed by atoms with E-state index >= 15 is 0 Å². The molecule has 2 heterocycles. The Morgan fingerprint density at radius 1 is 1.25 bits per heavy atom. The predicted molar refractivity (Wildman–Crippen MR) is 75.1 cm³/mol. The lowest BCUT2D eigenvalue weighted by Gasteiger charge is -2.21. The standard InChI is InChI=1S/C13H20N4O3/c1-10(2)20-13-11(17(18)19)12(14-9-15-13)16-7-5-3-4-6-8-16/h9-10H,3-8H2,1-2H3. The van der Waals surface area contributed by atoms with Gasteiger partial charge in [-0.2, -0.15) is 4.98 Å². The second-order valence-corrected chi connectivity index (χ2v) is 5.18. The van der Waals surface area contributed by atoms with Crippen LogP contribution in [0.25, 0.3) is 0 Å². The Morgan fingerprint density at radius 2 is 1.90 bits per heavy atom. The molecule has 1 saturated heterocycles. The van der Waals surface area contributed by atoms with Crippen LogP contribution in [-0.4, -0.2) is 34.1 Å². The maximum Gasteiger partial charge on any atom is 0.372 e. The second kappa shape index (κ2) is 6.49. The van der Waals surface area contributed by atoms with E-state index in [2.05, 4.69) is 9.97 Å². The molecule has 0 unspecified atom stereocenters. The van der Waals surface area contributed by atoms with E-state index in [0.717, 1.165) is 38.8 Å². The van der Waals surface area contributed by atoms with Crippen molar-refractivity contribution in [2.24, 2.45) is 0 Å². The minimum Gasteiger partial charge on any atom is -0.470 e. The molecule has 1 aliphatic rings. The van der Waals surface area contributed by atoms with Crippen LogP contribution in [0.1, 0.15) is 39.5 Å². The molecule has 1 aliphatic heterocycles. The summed E-state index contributed by atoms with van der Waals surface area (Å²) in [7, 11) is 0. The van der Waals surface area contributed by atoms with Crippen molar-refractivity contribution in [2.45, 2.75) is 45.6 Å². The van der Waals surface area contributed by atoms with Crippen LogP contribution in [-0.2, 0) is 0 Å². The second-order valence-electron chi connectivity index (χ2n) is 5.18. The van der Waals surface area contributed by atoms with E-state index in [0.29, 0.717) is 5.82 Å². The fourth-order valence-corrected chi connectivity index (χ4v) is 2.34. The predicted octanol–water partition coefficient (Wildman–Crippen LogP) is 2.55. The molecule has 0 spiro atoms. The van der Waals surface area contributed by atoms with Gasteiger partial charge in [0, 0.05) is 13.1 Å². The highest BCUT2D eigenvalue weighted by Gasteiger charge is 2.29. The van der Waals surface area contributed by atoms with Crippen molar-refractivity contribution in [1.82, 2.24) is 9.97 Å². The smallest absolute Gasteiger partial charge is 0.372 e. The van der Waals surface area contributed by atoms with Crippen molar-refractivity contribution in [3.8, 4) is 5.88 Å². The van der Waals surface area contributed by atoms with E-state index in [-0.39, 0.29) is 17.7 Å². The number of nitrogens with zero attached hydrogens (tertiary/aromatic N) is 4. The van der Waals surface area contributed by atoms with Crippen LogP contribution in [0.5, 0.6) is 5.88 Å². The average Bonchev–Trinajstić information content (AvgIpc) is 2.66. The summed E-state index contributed by atoms with van der Waals surface area (Å²) in [5, 5.41) is 11.4. The van der Waals surface area contributed by atoms with Gasteiger partial charge in [-0.1, -0.05) is 12.8 Å². The van der Waals surface area contributed by atoms with Crippen LogP contribution >= 0.6 is 0 Å². The molecule has 1 aromatic heterocycles. The Hall–Kier alpha value is -1.92. The van der Waals surface area contributed by atoms with Crippen LogP contribution < -0.4 is 9.64 Å². The molecule has 0 aromatic carbocycles. The Labute approximate surface area is 118 Å². The maximum absolute atomic E-state index is 11.4. The van der Waals surface area contributed by atoms with E-state index in [1.807, 2.05) is 18.7 Å². The van der Waals surface area contributed by atoms with E-state index in [1.54, 1.807) is 0 Å². The molecule has 0 saturated carbocycles. The highest BCUT2D eigenvalue weighted by molar-refractivity contribution is 5.62. The van der Waals surface area contributed by atoms with Crippen molar-refractivity contribution in [1.29, 1.82) is 0 Å². The molecular weight excluding hydrogens is 260 g/mol. The van der Waals surface area contributed by atoms with Crippen LogP contribution in [0.15, 0.2) is 6.33 Å². The molecule has 110 valence electrons. The summed E-state index contributed by atoms with van der Waals surface area (Å²) in [6.45, 7) is 5.22. The molecule has 0 radical (unpaired) electrons. The number of anilines is 1. The summed E-state index contributed by atoms with van der Waals surface area (Å²) < 4.78 is 5.45. The van der Waals surface area contributed by atoms with Gasteiger partial charge in [-0.15, -0.1) is 0 Å². The van der Waals surface area contributed by atoms with Crippen LogP contribution in [0.2, 0.25) is 0 Å². The third-order valence-electron chi connectivity index (χ3n) is 3.20. The number of aromatic nitrogens is 2. The number of rotatable bonds is 4. The minimum atomic E-state index is -0.446. The molecule has 0 aliphatic carbocycles. The number of ether oxygens (including phenoxy) is 1. The monoisotopic (exact) mass is 280 g/mol. The third kappa shape index (κ3) is 3.34. The van der Waals surface area contributed by atoms with Crippen molar-refractivity contribution in [3.05, 3.63) is 16.4 Å². The molecule has 1 aromatic rings. The van der Waals surface area contributed by atoms with Crippen molar-refractivity contribution in [2.75, 3.05) is 18.0 Å². The number of hydrogen-bond donors (Lipinski definition) is 0. The van der Waals surface area contributed by atoms with Crippen LogP contribution in [0.4, 0.5) is 11.5 Å². The lowest BCUT2D eigenvalue weighted by molar-refractivity contribution is -0.385. The van der Waals surface area contributed by atoms with E-state index < -0.39 is 4.92 Å². The van der Waals surface area contributed by atoms with Gasteiger partial charge in [0.05, 0.1) is 11.0 Å². The third-order valence-corrected chi connectivity index (χ3v) is 3.20. The molecule has 7 nitrogen and oxygen atoms in total. The van der Waals surface area contributed by atoms with Crippen molar-refractivity contribution >= 4 is 11.5 Å². The van der Waals surface area contributed by atoms with Gasteiger partial charge in [-0.25, -0.2) is 4.98 Å². The normalized spacial score (nSPS) is 16.1. The lowest BCUT2D eigenvalue weighted by atomic mass is 10.2. The molecule has 0 amide bonds. The molecule has 20 heavy (non-hydrogen) atoms. The van der Waals surface area contributed by atoms with Gasteiger partial charge in [0.15, 0.2) is 0 Å². The lowest BCUT2D eigenvalue weighted by Crippen LogP contribution is -2.26. The Kier molecular flexibility index (Phi) is 4.70. The fourth-order valence-electron chi connectivity index (χ4n) is 2.34. The van der Waals surface area contributed by atoms with E-state index in [4.69, 9.17) is 4.74 Å². The summed E-state index contributed by atoms with van der Waals surface area (Å²) in [4.78, 5) is 20.9. The average molecular weight is 280 g/mol. The number of nitro groups is 1. The summed E-state index contributed by atoms with van der Waals surface area (Å²) in [5.41, 5.74) is -0.122. The minimum absolute atomic E-state index is 0.0549. The molecule has 0 N–H and O–H groups in total. The summed E-state index contributed by atoms with van der Waals surface area (Å²) in [6.07, 6.45) is 5.55. The summed E-state index contributed by atoms with van der Waals surface area (Å²) in [5.74, 6) is 0.432. The largest absolute Gasteiger partial charge is 0.470 e. The highest BCUT2D eigenvalue weighted by Crippen LogP contribution is 2.34. The van der Waals surface area contributed by atoms with Gasteiger partial charge in [-0.05, 0) is 26.7 Å². The Morgan fingerprint density at radius 3 is 2.45 bits per heavy atom. The van der Waals surface area contributed by atoms with Gasteiger partial charge in [0.1, 0.15) is 6.33 Å². The first-order chi connectivity index (χ1) is 9.59. The van der Waals surface area contributed by atoms with E-state index in [9.17, 15) is 10.1 Å². The van der Waals surface area contributed by atoms with Gasteiger partial charge in [0.2, 0.25) is 5.82 Å². The van der Waals surface area contributed by atoms with Gasteiger partial charge < -0.3 is 9.64 Å². The first-order valence-electron chi connectivity index (χ1n) is 7.00. The molecule has 2 rings (SSSR count). The Balaban J connectivity index is 2.37. The Bertz CT molecular complexity index is 471. The van der Waals surface area contributed by atoms with E-state index in [1.165, 1.54) is 6.33 Å². The molecule has 0 bridgehead atoms. The zero-order valence-corrected chi connectivity index (χ0v) is 11.9. The first-order valence-corrected chi connectivity index (χ1v) is 7.00. The quantitative estimate of drug-likeness (QED) is 0.622. The van der Waals surface area contributed by atoms with Crippen molar-refractivity contribution < 1.29 is 9.66 Å². The fraction of sp³-hybridized carbons (Fsp3) is 0.692. The molecule has 1 fully saturated rings. The van der Waals surface area contributed by atoms with Crippen LogP contribution in [0.3, 0.4) is 0 Å². The maximum atomic E-state index is 11.4. The zero-order valence-electron chi connectivity index (χ0n) is 11.9. The van der Waals surface area contributed by atoms with Gasteiger partial charge in [0.25, 0.3) is 5.88 Å². The first kappa shape index (κ1) is 14.5. The number of hydrogen-bond acceptors (Lipinski definition) is 6. The summed E-state index contributed by atoms with van der Waals surface area (Å²) >= 11 is 0. The highest BCUT2D eigenvalue weighted by atomic mass is 16.6. The molecular formula is C13H20N4O3. The molecule has 0 atom stereocenters. The van der Waals surface area contributed by atoms with Gasteiger partial charge >= 0.3 is 5.69 Å². The van der Waals surface area contributed by atoms with Crippen molar-refractivity contribution in [3.63, 3.8) is 0 Å². The summed E-state index contributed by atoms with van der Waals surface area (Å²) in [6, 6.07) is 0. The SMILES string of the molecule is CC(C)Oc1ncnc(N2CCCCCC2)c1[N+](=O)[O-]. The zero-order chi connectivity index (χ0) is 14.5. The topological polar surface area (TPSA) is 81.4 Å².